The Kier molecular flexibility index (Phi) is 8.10. The number of rotatable bonds is 7. The van der Waals surface area contributed by atoms with Crippen molar-refractivity contribution in [1.82, 2.24) is 5.48 Å². The van der Waals surface area contributed by atoms with Crippen LogP contribution < -0.4 is 5.48 Å². The van der Waals surface area contributed by atoms with Gasteiger partial charge in [-0.1, -0.05) is 0 Å². The van der Waals surface area contributed by atoms with Crippen LogP contribution in [0.2, 0.25) is 0 Å². The van der Waals surface area contributed by atoms with Crippen LogP contribution in [0.4, 0.5) is 4.39 Å². The quantitative estimate of drug-likeness (QED) is 0.312. The van der Waals surface area contributed by atoms with Crippen LogP contribution in [-0.2, 0) is 28.7 Å². The van der Waals surface area contributed by atoms with Crippen LogP contribution in [0.15, 0.2) is 11.9 Å². The zero-order valence-electron chi connectivity index (χ0n) is 10.9. The van der Waals surface area contributed by atoms with E-state index in [-0.39, 0.29) is 13.2 Å². The summed E-state index contributed by atoms with van der Waals surface area (Å²) in [5.41, 5.74) is 1.98. The molecule has 1 unspecified atom stereocenters. The van der Waals surface area contributed by atoms with Crippen molar-refractivity contribution in [3.8, 4) is 0 Å². The van der Waals surface area contributed by atoms with Gasteiger partial charge in [0.15, 0.2) is 6.04 Å². The smallest absolute Gasteiger partial charge is 0.366 e. The van der Waals surface area contributed by atoms with E-state index in [2.05, 4.69) is 14.3 Å². The summed E-state index contributed by atoms with van der Waals surface area (Å²) in [6.07, 6.45) is 0.610. The number of carbonyl (C=O) groups excluding carboxylic acids is 3. The highest BCUT2D eigenvalue weighted by atomic mass is 19.1. The van der Waals surface area contributed by atoms with Gasteiger partial charge in [-0.15, -0.1) is 5.48 Å². The minimum Gasteiger partial charge on any atom is -0.464 e. The van der Waals surface area contributed by atoms with E-state index in [1.165, 1.54) is 6.92 Å². The van der Waals surface area contributed by atoms with Gasteiger partial charge in [-0.05, 0) is 19.9 Å². The second-order valence-electron chi connectivity index (χ2n) is 3.18. The SMILES string of the molecule is CCOC(=O)/C(F)=C/C(NOC(C)=O)C(=O)OCC. The Morgan fingerprint density at radius 1 is 1.21 bits per heavy atom. The summed E-state index contributed by atoms with van der Waals surface area (Å²) < 4.78 is 22.4. The summed E-state index contributed by atoms with van der Waals surface area (Å²) in [4.78, 5) is 37.4. The molecule has 8 heteroatoms. The maximum absolute atomic E-state index is 13.4. The molecule has 0 radical (unpaired) electrons. The third-order valence-corrected chi connectivity index (χ3v) is 1.65. The summed E-state index contributed by atoms with van der Waals surface area (Å²) in [5, 5.41) is 0. The van der Waals surface area contributed by atoms with Crippen molar-refractivity contribution < 1.29 is 33.1 Å². The molecule has 0 bridgehead atoms. The van der Waals surface area contributed by atoms with Crippen molar-refractivity contribution >= 4 is 17.9 Å². The molecule has 0 amide bonds. The number of carbonyl (C=O) groups is 3. The maximum atomic E-state index is 13.4. The second kappa shape index (κ2) is 9.03. The van der Waals surface area contributed by atoms with Crippen LogP contribution in [0.25, 0.3) is 0 Å². The fourth-order valence-electron chi connectivity index (χ4n) is 0.943. The first kappa shape index (κ1) is 17.0. The molecule has 0 saturated heterocycles. The molecule has 0 saturated carbocycles. The first-order valence-electron chi connectivity index (χ1n) is 5.56. The number of hydroxylamine groups is 1. The first-order valence-corrected chi connectivity index (χ1v) is 5.56. The number of nitrogens with one attached hydrogen (secondary N) is 1. The van der Waals surface area contributed by atoms with Crippen molar-refractivity contribution in [1.29, 1.82) is 0 Å². The van der Waals surface area contributed by atoms with Gasteiger partial charge < -0.3 is 14.3 Å². The predicted molar refractivity (Wildman–Crippen MR) is 61.1 cm³/mol. The van der Waals surface area contributed by atoms with Gasteiger partial charge in [-0.25, -0.2) is 9.59 Å². The predicted octanol–water partition coefficient (Wildman–Crippen LogP) is 0.402. The number of halogens is 1. The fourth-order valence-corrected chi connectivity index (χ4v) is 0.943. The lowest BCUT2D eigenvalue weighted by Gasteiger charge is -2.12. The van der Waals surface area contributed by atoms with E-state index in [1.54, 1.807) is 6.92 Å². The molecule has 0 aromatic carbocycles. The Balaban J connectivity index is 4.81. The molecular weight excluding hydrogens is 261 g/mol. The molecule has 0 fully saturated rings. The van der Waals surface area contributed by atoms with Gasteiger partial charge in [-0.2, -0.15) is 4.39 Å². The van der Waals surface area contributed by atoms with Crippen LogP contribution in [0, 0.1) is 0 Å². The van der Waals surface area contributed by atoms with Gasteiger partial charge in [0.1, 0.15) is 0 Å². The van der Waals surface area contributed by atoms with Crippen molar-refractivity contribution in [2.45, 2.75) is 26.8 Å². The van der Waals surface area contributed by atoms with Crippen molar-refractivity contribution in [3.05, 3.63) is 11.9 Å². The van der Waals surface area contributed by atoms with Gasteiger partial charge >= 0.3 is 17.9 Å². The average molecular weight is 277 g/mol. The van der Waals surface area contributed by atoms with Gasteiger partial charge in [-0.3, -0.25) is 4.79 Å². The Hall–Kier alpha value is -1.96. The van der Waals surface area contributed by atoms with Crippen LogP contribution in [0.1, 0.15) is 20.8 Å². The standard InChI is InChI=1S/C11H16FNO6/c1-4-17-10(15)8(12)6-9(11(16)18-5-2)13-19-7(3)14/h6,9,13H,4-5H2,1-3H3/b8-6-. The minimum atomic E-state index is -1.44. The molecule has 0 heterocycles. The van der Waals surface area contributed by atoms with Crippen LogP contribution in [0.5, 0.6) is 0 Å². The summed E-state index contributed by atoms with van der Waals surface area (Å²) in [6, 6.07) is -1.44. The fraction of sp³-hybridized carbons (Fsp3) is 0.545. The topological polar surface area (TPSA) is 90.9 Å². The third-order valence-electron chi connectivity index (χ3n) is 1.65. The molecule has 0 aromatic heterocycles. The Bertz CT molecular complexity index is 368. The molecule has 108 valence electrons. The molecule has 1 N–H and O–H groups in total. The van der Waals surface area contributed by atoms with Gasteiger partial charge in [0.25, 0.3) is 0 Å². The third kappa shape index (κ3) is 7.14. The number of ether oxygens (including phenoxy) is 2. The molecule has 0 spiro atoms. The van der Waals surface area contributed by atoms with Crippen molar-refractivity contribution in [3.63, 3.8) is 0 Å². The van der Waals surface area contributed by atoms with E-state index in [1.807, 2.05) is 5.48 Å². The van der Waals surface area contributed by atoms with E-state index >= 15 is 0 Å². The minimum absolute atomic E-state index is 0.0124. The summed E-state index contributed by atoms with van der Waals surface area (Å²) in [5.74, 6) is -4.15. The molecule has 0 rings (SSSR count). The molecule has 0 aliphatic rings. The largest absolute Gasteiger partial charge is 0.464 e. The van der Waals surface area contributed by atoms with Crippen LogP contribution in [0.3, 0.4) is 0 Å². The molecule has 1 atom stereocenters. The second-order valence-corrected chi connectivity index (χ2v) is 3.18. The molecule has 19 heavy (non-hydrogen) atoms. The van der Waals surface area contributed by atoms with Crippen LogP contribution in [-0.4, -0.2) is 37.2 Å². The zero-order valence-corrected chi connectivity index (χ0v) is 10.9. The molecular formula is C11H16FNO6. The Morgan fingerprint density at radius 3 is 2.26 bits per heavy atom. The normalized spacial score (nSPS) is 12.5. The highest BCUT2D eigenvalue weighted by molar-refractivity contribution is 5.88. The van der Waals surface area contributed by atoms with E-state index < -0.39 is 29.8 Å². The summed E-state index contributed by atoms with van der Waals surface area (Å²) >= 11 is 0. The molecule has 0 aromatic rings. The molecule has 7 nitrogen and oxygen atoms in total. The highest BCUT2D eigenvalue weighted by Crippen LogP contribution is 2.04. The number of hydrogen-bond acceptors (Lipinski definition) is 7. The molecule has 0 aliphatic carbocycles. The van der Waals surface area contributed by atoms with Gasteiger partial charge in [0, 0.05) is 6.92 Å². The van der Waals surface area contributed by atoms with Crippen LogP contribution >= 0.6 is 0 Å². The molecule has 0 aliphatic heterocycles. The lowest BCUT2D eigenvalue weighted by atomic mass is 10.2. The van der Waals surface area contributed by atoms with Gasteiger partial charge in [0.2, 0.25) is 5.83 Å². The van der Waals surface area contributed by atoms with Crippen molar-refractivity contribution in [2.24, 2.45) is 0 Å². The van der Waals surface area contributed by atoms with E-state index in [4.69, 9.17) is 0 Å². The lowest BCUT2D eigenvalue weighted by molar-refractivity contribution is -0.156. The monoisotopic (exact) mass is 277 g/mol. The number of hydrogen-bond donors (Lipinski definition) is 1. The first-order chi connectivity index (χ1) is 8.92. The van der Waals surface area contributed by atoms with Crippen molar-refractivity contribution in [2.75, 3.05) is 13.2 Å². The summed E-state index contributed by atoms with van der Waals surface area (Å²) in [7, 11) is 0. The number of esters is 2. The van der Waals surface area contributed by atoms with E-state index in [0.717, 1.165) is 6.92 Å². The maximum Gasteiger partial charge on any atom is 0.366 e. The Morgan fingerprint density at radius 2 is 1.79 bits per heavy atom. The van der Waals surface area contributed by atoms with E-state index in [9.17, 15) is 18.8 Å². The zero-order chi connectivity index (χ0) is 14.8. The Labute approximate surface area is 109 Å². The van der Waals surface area contributed by atoms with Gasteiger partial charge in [0.05, 0.1) is 13.2 Å². The van der Waals surface area contributed by atoms with E-state index in [0.29, 0.717) is 6.08 Å². The summed E-state index contributed by atoms with van der Waals surface area (Å²) in [6.45, 7) is 4.17. The lowest BCUT2D eigenvalue weighted by Crippen LogP contribution is -2.38. The highest BCUT2D eigenvalue weighted by Gasteiger charge is 2.22. The average Bonchev–Trinajstić information content (AvgIpc) is 2.34.